The summed E-state index contributed by atoms with van der Waals surface area (Å²) in [7, 11) is 0. The quantitative estimate of drug-likeness (QED) is 0.242. The van der Waals surface area contributed by atoms with Gasteiger partial charge in [0.15, 0.2) is 23.1 Å². The third-order valence-electron chi connectivity index (χ3n) is 8.03. The zero-order chi connectivity index (χ0) is 26.4. The smallest absolute Gasteiger partial charge is 0.201 e. The molecule has 202 valence electrons. The fourth-order valence-electron chi connectivity index (χ4n) is 5.94. The molecule has 0 aromatic heterocycles. The Morgan fingerprint density at radius 3 is 1.73 bits per heavy atom. The topological polar surface area (TPSA) is 18.5 Å². The second-order valence-corrected chi connectivity index (χ2v) is 10.3. The number of hydrogen-bond acceptors (Lipinski definition) is 2. The van der Waals surface area contributed by atoms with E-state index in [4.69, 9.17) is 9.47 Å². The van der Waals surface area contributed by atoms with Crippen molar-refractivity contribution in [3.63, 3.8) is 0 Å². The number of benzene rings is 2. The van der Waals surface area contributed by atoms with Crippen molar-refractivity contribution >= 4 is 0 Å². The number of halogens is 5. The Morgan fingerprint density at radius 1 is 0.703 bits per heavy atom. The highest BCUT2D eigenvalue weighted by Gasteiger charge is 2.31. The maximum Gasteiger partial charge on any atom is 0.201 e. The minimum Gasteiger partial charge on any atom is -0.491 e. The van der Waals surface area contributed by atoms with Crippen molar-refractivity contribution in [3.05, 3.63) is 59.7 Å². The molecule has 0 unspecified atom stereocenters. The van der Waals surface area contributed by atoms with E-state index in [1.807, 2.05) is 6.08 Å². The van der Waals surface area contributed by atoms with Crippen LogP contribution in [-0.4, -0.2) is 19.9 Å². The van der Waals surface area contributed by atoms with Crippen molar-refractivity contribution < 1.29 is 31.4 Å². The van der Waals surface area contributed by atoms with Gasteiger partial charge in [0.05, 0.1) is 13.2 Å². The molecule has 2 fully saturated rings. The molecule has 2 aromatic carbocycles. The van der Waals surface area contributed by atoms with E-state index < -0.39 is 29.9 Å². The number of allylic oxidation sites excluding steroid dienone is 2. The monoisotopic (exact) mass is 522 g/mol. The Hall–Kier alpha value is -2.57. The first-order valence-corrected chi connectivity index (χ1v) is 13.4. The van der Waals surface area contributed by atoms with Gasteiger partial charge in [0.25, 0.3) is 0 Å². The zero-order valence-corrected chi connectivity index (χ0v) is 21.3. The van der Waals surface area contributed by atoms with Crippen LogP contribution < -0.4 is 9.47 Å². The molecule has 0 radical (unpaired) electrons. The molecule has 37 heavy (non-hydrogen) atoms. The van der Waals surface area contributed by atoms with Gasteiger partial charge in [-0.3, -0.25) is 0 Å². The molecular formula is C30H35F5O2. The molecule has 0 amide bonds. The van der Waals surface area contributed by atoms with E-state index in [1.54, 1.807) is 13.0 Å². The Kier molecular flexibility index (Phi) is 9.49. The van der Waals surface area contributed by atoms with Crippen molar-refractivity contribution in [1.29, 1.82) is 0 Å². The molecule has 2 aromatic rings. The van der Waals surface area contributed by atoms with Gasteiger partial charge < -0.3 is 9.47 Å². The van der Waals surface area contributed by atoms with Crippen molar-refractivity contribution in [2.45, 2.75) is 58.3 Å². The van der Waals surface area contributed by atoms with Crippen molar-refractivity contribution in [3.8, 4) is 22.6 Å². The lowest BCUT2D eigenvalue weighted by molar-refractivity contribution is 0.127. The van der Waals surface area contributed by atoms with Crippen LogP contribution in [0.2, 0.25) is 0 Å². The predicted octanol–water partition coefficient (Wildman–Crippen LogP) is 8.83. The van der Waals surface area contributed by atoms with E-state index in [9.17, 15) is 22.0 Å². The SMILES string of the molecule is CCOc1ccc(-c2ccc(OCC3CCC(C4CCC(/C=C/CF)CC4)CC3)c(F)c2F)c(F)c1F. The van der Waals surface area contributed by atoms with Gasteiger partial charge >= 0.3 is 0 Å². The van der Waals surface area contributed by atoms with Crippen LogP contribution in [-0.2, 0) is 0 Å². The molecule has 2 aliphatic carbocycles. The highest BCUT2D eigenvalue weighted by Crippen LogP contribution is 2.42. The summed E-state index contributed by atoms with van der Waals surface area (Å²) in [5.74, 6) is -3.37. The molecule has 0 saturated heterocycles. The van der Waals surface area contributed by atoms with Crippen LogP contribution in [0.4, 0.5) is 22.0 Å². The highest BCUT2D eigenvalue weighted by atomic mass is 19.2. The van der Waals surface area contributed by atoms with Gasteiger partial charge in [-0.2, -0.15) is 8.78 Å². The summed E-state index contributed by atoms with van der Waals surface area (Å²) in [6.07, 6.45) is 12.4. The zero-order valence-electron chi connectivity index (χ0n) is 21.3. The molecule has 0 spiro atoms. The van der Waals surface area contributed by atoms with Gasteiger partial charge in [-0.15, -0.1) is 0 Å². The van der Waals surface area contributed by atoms with E-state index in [0.717, 1.165) is 38.5 Å². The van der Waals surface area contributed by atoms with Gasteiger partial charge in [0, 0.05) is 11.1 Å². The normalized spacial score (nSPS) is 24.4. The van der Waals surface area contributed by atoms with Crippen LogP contribution in [0.15, 0.2) is 36.4 Å². The first kappa shape index (κ1) is 27.5. The first-order valence-electron chi connectivity index (χ1n) is 13.4. The van der Waals surface area contributed by atoms with Crippen LogP contribution in [0.1, 0.15) is 58.3 Å². The van der Waals surface area contributed by atoms with Crippen LogP contribution >= 0.6 is 0 Å². The van der Waals surface area contributed by atoms with E-state index in [1.165, 1.54) is 37.1 Å². The van der Waals surface area contributed by atoms with Gasteiger partial charge in [-0.1, -0.05) is 12.2 Å². The van der Waals surface area contributed by atoms with E-state index >= 15 is 0 Å². The maximum absolute atomic E-state index is 14.8. The first-order chi connectivity index (χ1) is 17.9. The van der Waals surface area contributed by atoms with E-state index in [-0.39, 0.29) is 41.8 Å². The third-order valence-corrected chi connectivity index (χ3v) is 8.03. The minimum absolute atomic E-state index is 0.147. The fraction of sp³-hybridized carbons (Fsp3) is 0.533. The van der Waals surface area contributed by atoms with Crippen molar-refractivity contribution in [2.75, 3.05) is 19.9 Å². The van der Waals surface area contributed by atoms with Gasteiger partial charge in [-0.05, 0) is 106 Å². The summed E-state index contributed by atoms with van der Waals surface area (Å²) in [4.78, 5) is 0. The average molecular weight is 523 g/mol. The third kappa shape index (κ3) is 6.47. The number of rotatable bonds is 9. The van der Waals surface area contributed by atoms with Crippen molar-refractivity contribution in [2.24, 2.45) is 23.7 Å². The minimum atomic E-state index is -1.29. The number of ether oxygens (including phenoxy) is 2. The lowest BCUT2D eigenvalue weighted by atomic mass is 9.69. The van der Waals surface area contributed by atoms with E-state index in [0.29, 0.717) is 17.8 Å². The Morgan fingerprint density at radius 2 is 1.22 bits per heavy atom. The van der Waals surface area contributed by atoms with Crippen molar-refractivity contribution in [1.82, 2.24) is 0 Å². The second kappa shape index (κ2) is 12.8. The molecule has 4 rings (SSSR count). The average Bonchev–Trinajstić information content (AvgIpc) is 2.92. The van der Waals surface area contributed by atoms with Gasteiger partial charge in [0.1, 0.15) is 6.67 Å². The standard InChI is InChI=1S/C30H35F5O2/c1-2-36-25-15-13-23(27(32)29(25)34)24-14-16-26(30(35)28(24)33)37-18-20-7-11-22(12-8-20)21-9-5-19(6-10-21)4-3-17-31/h3-4,13-16,19-22H,2,5-12,17-18H2,1H3/b4-3+. The molecule has 0 atom stereocenters. The molecule has 0 aliphatic heterocycles. The van der Waals surface area contributed by atoms with Crippen LogP contribution in [0.25, 0.3) is 11.1 Å². The molecule has 2 aliphatic rings. The number of hydrogen-bond donors (Lipinski definition) is 0. The predicted molar refractivity (Wildman–Crippen MR) is 134 cm³/mol. The largest absolute Gasteiger partial charge is 0.491 e. The van der Waals surface area contributed by atoms with Crippen LogP contribution in [0.3, 0.4) is 0 Å². The molecule has 0 N–H and O–H groups in total. The molecule has 2 nitrogen and oxygen atoms in total. The maximum atomic E-state index is 14.8. The summed E-state index contributed by atoms with van der Waals surface area (Å²) in [6.45, 7) is 1.67. The molecular weight excluding hydrogens is 487 g/mol. The van der Waals surface area contributed by atoms with Gasteiger partial charge in [0.2, 0.25) is 11.6 Å². The Bertz CT molecular complexity index is 1070. The molecule has 0 heterocycles. The van der Waals surface area contributed by atoms with Crippen LogP contribution in [0.5, 0.6) is 11.5 Å². The summed E-state index contributed by atoms with van der Waals surface area (Å²) in [5.41, 5.74) is -0.755. The molecule has 2 saturated carbocycles. The summed E-state index contributed by atoms with van der Waals surface area (Å²) >= 11 is 0. The van der Waals surface area contributed by atoms with E-state index in [2.05, 4.69) is 0 Å². The lowest BCUT2D eigenvalue weighted by Crippen LogP contribution is -2.27. The lowest BCUT2D eigenvalue weighted by Gasteiger charge is -2.37. The Balaban J connectivity index is 1.31. The second-order valence-electron chi connectivity index (χ2n) is 10.3. The molecule has 0 bridgehead atoms. The summed E-state index contributed by atoms with van der Waals surface area (Å²) < 4.78 is 81.4. The Labute approximate surface area is 215 Å². The van der Waals surface area contributed by atoms with Crippen LogP contribution in [0, 0.1) is 46.9 Å². The van der Waals surface area contributed by atoms with Gasteiger partial charge in [-0.25, -0.2) is 13.2 Å². The number of alkyl halides is 1. The highest BCUT2D eigenvalue weighted by molar-refractivity contribution is 5.67. The molecule has 7 heteroatoms. The summed E-state index contributed by atoms with van der Waals surface area (Å²) in [6, 6.07) is 4.85. The summed E-state index contributed by atoms with van der Waals surface area (Å²) in [5, 5.41) is 0. The fourth-order valence-corrected chi connectivity index (χ4v) is 5.94.